The van der Waals surface area contributed by atoms with Crippen molar-refractivity contribution in [3.05, 3.63) is 29.0 Å². The summed E-state index contributed by atoms with van der Waals surface area (Å²) in [7, 11) is 0. The van der Waals surface area contributed by atoms with E-state index in [1.165, 1.54) is 16.8 Å². The van der Waals surface area contributed by atoms with Crippen LogP contribution < -0.4 is 29.6 Å². The Morgan fingerprint density at radius 2 is 2.00 bits per heavy atom. The van der Waals surface area contributed by atoms with Crippen LogP contribution in [0.2, 0.25) is 0 Å². The second kappa shape index (κ2) is 5.80. The van der Waals surface area contributed by atoms with Crippen LogP contribution in [0.25, 0.3) is 5.69 Å². The maximum atomic E-state index is 10.6. The molecular weight excluding hydrogens is 259 g/mol. The van der Waals surface area contributed by atoms with Crippen molar-refractivity contribution < 1.29 is 38.3 Å². The summed E-state index contributed by atoms with van der Waals surface area (Å²) in [5.41, 5.74) is 0.680. The third-order valence-corrected chi connectivity index (χ3v) is 2.68. The van der Waals surface area contributed by atoms with Gasteiger partial charge in [0.05, 0.1) is 5.69 Å². The quantitative estimate of drug-likeness (QED) is 0.370. The van der Waals surface area contributed by atoms with Gasteiger partial charge >= 0.3 is 29.6 Å². The first-order chi connectivity index (χ1) is 7.18. The fourth-order valence-corrected chi connectivity index (χ4v) is 1.62. The van der Waals surface area contributed by atoms with Gasteiger partial charge in [0.25, 0.3) is 0 Å². The first-order valence-electron chi connectivity index (χ1n) is 3.88. The standard InChI is InChI=1S/C7H6N4O2S2.Na/c12-15(13)6-3-1-5(2-4-6)11-7(14)8-9-10-11;/h1-4H,(H,12,13)(H,8,10,14);/q;+1/p-1. The third kappa shape index (κ3) is 2.84. The molecular formula is C7H5N4NaO2S2. The largest absolute Gasteiger partial charge is 1.00 e. The van der Waals surface area contributed by atoms with E-state index in [4.69, 9.17) is 12.2 Å². The van der Waals surface area contributed by atoms with Crippen LogP contribution in [0.1, 0.15) is 0 Å². The predicted octanol–water partition coefficient (Wildman–Crippen LogP) is -2.43. The summed E-state index contributed by atoms with van der Waals surface area (Å²) in [6.07, 6.45) is 0. The first kappa shape index (κ1) is 13.7. The maximum Gasteiger partial charge on any atom is 1.00 e. The molecule has 0 spiro atoms. The summed E-state index contributed by atoms with van der Waals surface area (Å²) in [5, 5.41) is 9.69. The van der Waals surface area contributed by atoms with E-state index in [9.17, 15) is 8.76 Å². The minimum absolute atomic E-state index is 0. The summed E-state index contributed by atoms with van der Waals surface area (Å²) < 4.78 is 23.0. The van der Waals surface area contributed by atoms with E-state index in [1.54, 1.807) is 12.1 Å². The minimum Gasteiger partial charge on any atom is -0.768 e. The molecule has 2 rings (SSSR count). The Kier molecular flexibility index (Phi) is 4.96. The molecule has 0 radical (unpaired) electrons. The number of aromatic nitrogens is 4. The van der Waals surface area contributed by atoms with Gasteiger partial charge in [0.2, 0.25) is 4.77 Å². The normalized spacial score (nSPS) is 11.8. The topological polar surface area (TPSA) is 86.6 Å². The molecule has 1 atom stereocenters. The van der Waals surface area contributed by atoms with Crippen molar-refractivity contribution in [1.82, 2.24) is 20.2 Å². The van der Waals surface area contributed by atoms with Gasteiger partial charge in [-0.3, -0.25) is 4.21 Å². The number of nitrogens with zero attached hydrogens (tertiary/aromatic N) is 3. The first-order valence-corrected chi connectivity index (χ1v) is 5.36. The number of aromatic amines is 1. The van der Waals surface area contributed by atoms with Crippen molar-refractivity contribution >= 4 is 23.3 Å². The summed E-state index contributed by atoms with van der Waals surface area (Å²) in [5.74, 6) is 0. The van der Waals surface area contributed by atoms with Gasteiger partial charge in [0.1, 0.15) is 0 Å². The van der Waals surface area contributed by atoms with Gasteiger partial charge in [-0.15, -0.1) is 0 Å². The average molecular weight is 264 g/mol. The van der Waals surface area contributed by atoms with Crippen molar-refractivity contribution in [1.29, 1.82) is 0 Å². The van der Waals surface area contributed by atoms with E-state index < -0.39 is 11.1 Å². The second-order valence-electron chi connectivity index (χ2n) is 2.65. The zero-order valence-electron chi connectivity index (χ0n) is 8.28. The van der Waals surface area contributed by atoms with Crippen LogP contribution in [0.15, 0.2) is 29.2 Å². The van der Waals surface area contributed by atoms with Crippen LogP contribution in [0.3, 0.4) is 0 Å². The van der Waals surface area contributed by atoms with Crippen molar-refractivity contribution in [3.8, 4) is 5.69 Å². The molecule has 2 aromatic rings. The number of tetrazole rings is 1. The minimum atomic E-state index is -2.22. The maximum absolute atomic E-state index is 10.6. The Labute approximate surface area is 121 Å². The van der Waals surface area contributed by atoms with Gasteiger partial charge in [-0.05, 0) is 47.6 Å². The molecule has 6 nitrogen and oxygen atoms in total. The van der Waals surface area contributed by atoms with Crippen LogP contribution in [0, 0.1) is 4.77 Å². The molecule has 0 fully saturated rings. The fraction of sp³-hybridized carbons (Fsp3) is 0. The molecule has 9 heteroatoms. The number of benzene rings is 1. The molecule has 0 aliphatic carbocycles. The van der Waals surface area contributed by atoms with Crippen LogP contribution in [0.4, 0.5) is 0 Å². The van der Waals surface area contributed by atoms with E-state index >= 15 is 0 Å². The van der Waals surface area contributed by atoms with Gasteiger partial charge in [0.15, 0.2) is 0 Å². The summed E-state index contributed by atoms with van der Waals surface area (Å²) >= 11 is 2.67. The van der Waals surface area contributed by atoms with Gasteiger partial charge in [-0.2, -0.15) is 5.21 Å². The van der Waals surface area contributed by atoms with E-state index in [1.807, 2.05) is 0 Å². The molecule has 16 heavy (non-hydrogen) atoms. The van der Waals surface area contributed by atoms with Crippen LogP contribution in [0.5, 0.6) is 0 Å². The van der Waals surface area contributed by atoms with E-state index in [2.05, 4.69) is 15.5 Å². The Morgan fingerprint density at radius 3 is 2.44 bits per heavy atom. The number of hydrogen-bond donors (Lipinski definition) is 1. The molecule has 0 saturated heterocycles. The van der Waals surface area contributed by atoms with Crippen molar-refractivity contribution in [2.24, 2.45) is 0 Å². The molecule has 1 aromatic heterocycles. The van der Waals surface area contributed by atoms with E-state index in [0.29, 0.717) is 5.69 Å². The predicted molar refractivity (Wildman–Crippen MR) is 53.7 cm³/mol. The summed E-state index contributed by atoms with van der Waals surface area (Å²) in [6, 6.07) is 6.17. The van der Waals surface area contributed by atoms with Gasteiger partial charge in [-0.25, -0.2) is 4.68 Å². The van der Waals surface area contributed by atoms with Crippen LogP contribution in [-0.4, -0.2) is 29.0 Å². The van der Waals surface area contributed by atoms with Crippen molar-refractivity contribution in [3.63, 3.8) is 0 Å². The van der Waals surface area contributed by atoms with Gasteiger partial charge < -0.3 is 4.55 Å². The number of H-pyrrole nitrogens is 1. The zero-order chi connectivity index (χ0) is 10.8. The molecule has 1 N–H and O–H groups in total. The number of rotatable bonds is 2. The molecule has 78 valence electrons. The molecule has 0 amide bonds. The summed E-state index contributed by atoms with van der Waals surface area (Å²) in [6.45, 7) is 0. The number of nitrogens with one attached hydrogen (secondary N) is 1. The molecule has 0 bridgehead atoms. The van der Waals surface area contributed by atoms with Crippen LogP contribution >= 0.6 is 12.2 Å². The molecule has 1 aromatic carbocycles. The van der Waals surface area contributed by atoms with E-state index in [-0.39, 0.29) is 39.2 Å². The smallest absolute Gasteiger partial charge is 0.768 e. The Balaban J connectivity index is 0.00000128. The monoisotopic (exact) mass is 264 g/mol. The third-order valence-electron chi connectivity index (χ3n) is 1.76. The Hall–Kier alpha value is -0.380. The van der Waals surface area contributed by atoms with Gasteiger partial charge in [0, 0.05) is 4.90 Å². The Morgan fingerprint density at radius 1 is 1.38 bits per heavy atom. The SMILES string of the molecule is O=S([O-])c1ccc(-n2[nH]nnc2=S)cc1.[Na+]. The second-order valence-corrected chi connectivity index (χ2v) is 3.95. The van der Waals surface area contributed by atoms with Crippen LogP contribution in [-0.2, 0) is 11.1 Å². The molecule has 1 heterocycles. The van der Waals surface area contributed by atoms with E-state index in [0.717, 1.165) is 0 Å². The molecule has 0 aliphatic heterocycles. The van der Waals surface area contributed by atoms with Crippen molar-refractivity contribution in [2.75, 3.05) is 0 Å². The zero-order valence-corrected chi connectivity index (χ0v) is 11.9. The fourth-order valence-electron chi connectivity index (χ4n) is 1.07. The molecule has 1 unspecified atom stereocenters. The molecule has 0 aliphatic rings. The Bertz CT molecular complexity index is 550. The van der Waals surface area contributed by atoms with Crippen molar-refractivity contribution in [2.45, 2.75) is 4.90 Å². The number of hydrogen-bond acceptors (Lipinski definition) is 5. The summed E-state index contributed by atoms with van der Waals surface area (Å²) in [4.78, 5) is 0.220. The average Bonchev–Trinajstić information content (AvgIpc) is 2.65. The molecule has 0 saturated carbocycles. The van der Waals surface area contributed by atoms with Gasteiger partial charge in [-0.1, -0.05) is 10.3 Å².